The van der Waals surface area contributed by atoms with Gasteiger partial charge in [-0.15, -0.1) is 0 Å². The van der Waals surface area contributed by atoms with E-state index in [1.54, 1.807) is 24.3 Å². The number of nitrogens with one attached hydrogen (secondary N) is 1. The third-order valence-corrected chi connectivity index (χ3v) is 7.01. The Morgan fingerprint density at radius 1 is 0.897 bits per heavy atom. The van der Waals surface area contributed by atoms with Crippen LogP contribution in [0.3, 0.4) is 0 Å². The molecular formula is C32H28ClN3O3. The molecule has 0 unspecified atom stereocenters. The number of fused-ring (bicyclic) bond motifs is 1. The molecule has 5 aromatic rings. The molecule has 4 aromatic carbocycles. The molecule has 0 saturated carbocycles. The summed E-state index contributed by atoms with van der Waals surface area (Å²) in [5.41, 5.74) is 4.94. The van der Waals surface area contributed by atoms with E-state index in [1.165, 1.54) is 6.07 Å². The van der Waals surface area contributed by atoms with Crippen LogP contribution in [0, 0.1) is 0 Å². The minimum absolute atomic E-state index is 0.0192. The van der Waals surface area contributed by atoms with Gasteiger partial charge < -0.3 is 15.0 Å². The van der Waals surface area contributed by atoms with Crippen molar-refractivity contribution in [2.75, 3.05) is 20.6 Å². The van der Waals surface area contributed by atoms with Crippen LogP contribution >= 0.6 is 11.6 Å². The second-order valence-electron chi connectivity index (χ2n) is 9.86. The lowest BCUT2D eigenvalue weighted by atomic mass is 9.89. The Morgan fingerprint density at radius 3 is 2.33 bits per heavy atom. The van der Waals surface area contributed by atoms with Crippen molar-refractivity contribution in [2.45, 2.75) is 12.3 Å². The summed E-state index contributed by atoms with van der Waals surface area (Å²) < 4.78 is 0. The van der Waals surface area contributed by atoms with Crippen molar-refractivity contribution in [1.29, 1.82) is 0 Å². The lowest BCUT2D eigenvalue weighted by Gasteiger charge is -2.21. The van der Waals surface area contributed by atoms with Gasteiger partial charge in [-0.05, 0) is 67.2 Å². The topological polar surface area (TPSA) is 86.3 Å². The van der Waals surface area contributed by atoms with Crippen LogP contribution < -0.4 is 0 Å². The highest BCUT2D eigenvalue weighted by atomic mass is 35.5. The molecule has 1 heterocycles. The fourth-order valence-corrected chi connectivity index (χ4v) is 5.12. The highest BCUT2D eigenvalue weighted by Gasteiger charge is 2.22. The summed E-state index contributed by atoms with van der Waals surface area (Å²) in [7, 11) is 3.95. The monoisotopic (exact) mass is 537 g/mol. The Hall–Kier alpha value is -4.26. The molecule has 0 bridgehead atoms. The average molecular weight is 538 g/mol. The molecule has 6 nitrogen and oxygen atoms in total. The van der Waals surface area contributed by atoms with Crippen molar-refractivity contribution in [2.24, 2.45) is 0 Å². The fourth-order valence-electron chi connectivity index (χ4n) is 4.95. The van der Waals surface area contributed by atoms with Gasteiger partial charge in [-0.3, -0.25) is 4.79 Å². The largest absolute Gasteiger partial charge is 0.478 e. The van der Waals surface area contributed by atoms with Crippen molar-refractivity contribution in [3.8, 4) is 22.5 Å². The molecule has 0 saturated heterocycles. The van der Waals surface area contributed by atoms with Crippen LogP contribution in [-0.4, -0.2) is 52.4 Å². The molecule has 0 radical (unpaired) electrons. The molecule has 1 atom stereocenters. The van der Waals surface area contributed by atoms with Crippen molar-refractivity contribution in [3.05, 3.63) is 113 Å². The van der Waals surface area contributed by atoms with Crippen molar-refractivity contribution < 1.29 is 14.7 Å². The Labute approximate surface area is 231 Å². The summed E-state index contributed by atoms with van der Waals surface area (Å²) in [5, 5.41) is 10.7. The van der Waals surface area contributed by atoms with E-state index in [1.807, 2.05) is 74.8 Å². The second-order valence-corrected chi connectivity index (χ2v) is 10.3. The number of hydrogen-bond donors (Lipinski definition) is 2. The summed E-state index contributed by atoms with van der Waals surface area (Å²) in [5.74, 6) is -0.644. The summed E-state index contributed by atoms with van der Waals surface area (Å²) >= 11 is 6.37. The van der Waals surface area contributed by atoms with Crippen LogP contribution in [0.25, 0.3) is 33.5 Å². The average Bonchev–Trinajstić information content (AvgIpc) is 3.36. The summed E-state index contributed by atoms with van der Waals surface area (Å²) in [6, 6.07) is 27.8. The molecule has 7 heteroatoms. The maximum Gasteiger partial charge on any atom is 0.336 e. The van der Waals surface area contributed by atoms with Gasteiger partial charge in [0, 0.05) is 35.0 Å². The van der Waals surface area contributed by atoms with Crippen LogP contribution in [0.5, 0.6) is 0 Å². The Kier molecular flexibility index (Phi) is 7.59. The second kappa shape index (κ2) is 11.2. The van der Waals surface area contributed by atoms with E-state index in [0.717, 1.165) is 16.6 Å². The Balaban J connectivity index is 1.54. The molecule has 0 aliphatic heterocycles. The molecule has 39 heavy (non-hydrogen) atoms. The van der Waals surface area contributed by atoms with Gasteiger partial charge in [0.15, 0.2) is 5.78 Å². The maximum absolute atomic E-state index is 13.4. The quantitative estimate of drug-likeness (QED) is 0.195. The van der Waals surface area contributed by atoms with Crippen LogP contribution in [0.15, 0.2) is 91.0 Å². The standard InChI is InChI=1S/C32H28ClN3O3/c1-36(2)19-22(20-8-4-3-5-9-20)17-30(37)21-12-14-24(27(16-21)32(38)39)26-18-23(33)13-15-25(26)31-34-28-10-6-7-11-29(28)35-31/h3-16,18,22H,17,19H2,1-2H3,(H,34,35)(H,38,39)/t22-/m1/s1. The van der Waals surface area contributed by atoms with Crippen molar-refractivity contribution in [1.82, 2.24) is 14.9 Å². The number of para-hydroxylation sites is 2. The third-order valence-electron chi connectivity index (χ3n) is 6.78. The SMILES string of the molecule is CN(C)C[C@@H](CC(=O)c1ccc(-c2cc(Cl)ccc2-c2nc3ccccc3[nH]2)c(C(=O)O)c1)c1ccccc1. The van der Waals surface area contributed by atoms with E-state index >= 15 is 0 Å². The number of benzene rings is 4. The molecule has 0 aliphatic rings. The molecule has 0 amide bonds. The van der Waals surface area contributed by atoms with E-state index in [9.17, 15) is 14.7 Å². The number of Topliss-reactive ketones (excluding diaryl/α,β-unsaturated/α-hetero) is 1. The number of carboxylic acids is 1. The van der Waals surface area contributed by atoms with E-state index in [4.69, 9.17) is 16.6 Å². The number of carbonyl (C=O) groups excluding carboxylic acids is 1. The van der Waals surface area contributed by atoms with Crippen LogP contribution in [0.4, 0.5) is 0 Å². The van der Waals surface area contributed by atoms with Gasteiger partial charge in [-0.2, -0.15) is 0 Å². The number of H-pyrrole nitrogens is 1. The smallest absolute Gasteiger partial charge is 0.336 e. The number of hydrogen-bond acceptors (Lipinski definition) is 4. The first-order valence-electron chi connectivity index (χ1n) is 12.7. The number of likely N-dealkylation sites (N-methyl/N-ethyl adjacent to an activating group) is 1. The number of halogens is 1. The Bertz CT molecular complexity index is 1630. The van der Waals surface area contributed by atoms with Gasteiger partial charge in [0.1, 0.15) is 5.82 Å². The molecule has 5 rings (SSSR count). The first kappa shape index (κ1) is 26.4. The lowest BCUT2D eigenvalue weighted by Crippen LogP contribution is -2.22. The fraction of sp³-hybridized carbons (Fsp3) is 0.156. The number of rotatable bonds is 9. The molecule has 0 spiro atoms. The first-order chi connectivity index (χ1) is 18.8. The van der Waals surface area contributed by atoms with Gasteiger partial charge in [-0.25, -0.2) is 9.78 Å². The number of aromatic carboxylic acids is 1. The molecule has 196 valence electrons. The third kappa shape index (κ3) is 5.77. The number of aromatic amines is 1. The Morgan fingerprint density at radius 2 is 1.62 bits per heavy atom. The highest BCUT2D eigenvalue weighted by Crippen LogP contribution is 2.36. The normalized spacial score (nSPS) is 12.1. The van der Waals surface area contributed by atoms with Gasteiger partial charge >= 0.3 is 5.97 Å². The number of nitrogens with zero attached hydrogens (tertiary/aromatic N) is 2. The molecule has 0 aliphatic carbocycles. The van der Waals surface area contributed by atoms with E-state index in [2.05, 4.69) is 9.88 Å². The number of ketones is 1. The van der Waals surface area contributed by atoms with Gasteiger partial charge in [0.2, 0.25) is 0 Å². The lowest BCUT2D eigenvalue weighted by molar-refractivity contribution is 0.0697. The zero-order valence-corrected chi connectivity index (χ0v) is 22.4. The predicted octanol–water partition coefficient (Wildman–Crippen LogP) is 7.17. The maximum atomic E-state index is 13.4. The van der Waals surface area contributed by atoms with Gasteiger partial charge in [-0.1, -0.05) is 66.2 Å². The van der Waals surface area contributed by atoms with Crippen molar-refractivity contribution >= 4 is 34.4 Å². The number of aromatic nitrogens is 2. The summed E-state index contributed by atoms with van der Waals surface area (Å²) in [4.78, 5) is 35.9. The summed E-state index contributed by atoms with van der Waals surface area (Å²) in [6.45, 7) is 0.697. The number of imidazole rings is 1. The number of carbonyl (C=O) groups is 2. The van der Waals surface area contributed by atoms with Gasteiger partial charge in [0.25, 0.3) is 0 Å². The highest BCUT2D eigenvalue weighted by molar-refractivity contribution is 6.31. The van der Waals surface area contributed by atoms with Crippen LogP contribution in [0.2, 0.25) is 5.02 Å². The molecule has 2 N–H and O–H groups in total. The predicted molar refractivity (Wildman–Crippen MR) is 156 cm³/mol. The zero-order valence-electron chi connectivity index (χ0n) is 21.7. The molecule has 0 fully saturated rings. The van der Waals surface area contributed by atoms with Crippen molar-refractivity contribution in [3.63, 3.8) is 0 Å². The summed E-state index contributed by atoms with van der Waals surface area (Å²) in [6.07, 6.45) is 0.266. The first-order valence-corrected chi connectivity index (χ1v) is 13.0. The molecular weight excluding hydrogens is 510 g/mol. The zero-order chi connectivity index (χ0) is 27.5. The minimum Gasteiger partial charge on any atom is -0.478 e. The molecule has 1 aromatic heterocycles. The number of carboxylic acid groups (broad SMARTS) is 1. The van der Waals surface area contributed by atoms with E-state index in [0.29, 0.717) is 39.6 Å². The van der Waals surface area contributed by atoms with Crippen LogP contribution in [0.1, 0.15) is 38.6 Å². The van der Waals surface area contributed by atoms with Gasteiger partial charge in [0.05, 0.1) is 16.6 Å². The van der Waals surface area contributed by atoms with Crippen LogP contribution in [-0.2, 0) is 0 Å². The van der Waals surface area contributed by atoms with E-state index < -0.39 is 5.97 Å². The van der Waals surface area contributed by atoms with E-state index in [-0.39, 0.29) is 23.7 Å². The minimum atomic E-state index is -1.12.